The van der Waals surface area contributed by atoms with Crippen LogP contribution in [-0.2, 0) is 12.4 Å². The van der Waals surface area contributed by atoms with Crippen molar-refractivity contribution in [2.75, 3.05) is 0 Å². The second-order valence-electron chi connectivity index (χ2n) is 3.57. The maximum Gasteiger partial charge on any atom is 0.292 e. The molecule has 3 rings (SSSR count). The maximum absolute atomic E-state index is 13.6. The van der Waals surface area contributed by atoms with Crippen molar-refractivity contribution in [1.29, 1.82) is 0 Å². The predicted octanol–water partition coefficient (Wildman–Crippen LogP) is 1.55. The van der Waals surface area contributed by atoms with Crippen molar-refractivity contribution in [2.24, 2.45) is 0 Å². The summed E-state index contributed by atoms with van der Waals surface area (Å²) >= 11 is 0. The van der Waals surface area contributed by atoms with Crippen LogP contribution in [0.1, 0.15) is 12.2 Å². The number of fused-ring (bicyclic) bond motifs is 3. The van der Waals surface area contributed by atoms with Gasteiger partial charge in [-0.3, -0.25) is 4.57 Å². The Kier molecular flexibility index (Phi) is 1.32. The molecule has 0 bridgehead atoms. The number of aromatic nitrogens is 2. The van der Waals surface area contributed by atoms with Crippen LogP contribution in [0.15, 0.2) is 24.3 Å². The SMILES string of the molecule is OC1(F)CCc2nc3ccccc3n21. The fourth-order valence-electron chi connectivity index (χ4n) is 2.01. The summed E-state index contributed by atoms with van der Waals surface area (Å²) in [6.07, 6.45) is 0.585. The van der Waals surface area contributed by atoms with Crippen molar-refractivity contribution in [3.05, 3.63) is 30.1 Å². The van der Waals surface area contributed by atoms with E-state index in [2.05, 4.69) is 4.98 Å². The van der Waals surface area contributed by atoms with Crippen LogP contribution in [0, 0.1) is 0 Å². The van der Waals surface area contributed by atoms with Crippen LogP contribution in [-0.4, -0.2) is 14.7 Å². The number of aryl methyl sites for hydroxylation is 1. The number of rotatable bonds is 0. The molecule has 1 unspecified atom stereocenters. The topological polar surface area (TPSA) is 38.1 Å². The first kappa shape index (κ1) is 7.94. The molecule has 14 heavy (non-hydrogen) atoms. The molecular weight excluding hydrogens is 183 g/mol. The lowest BCUT2D eigenvalue weighted by Crippen LogP contribution is -2.22. The third kappa shape index (κ3) is 0.861. The zero-order valence-corrected chi connectivity index (χ0v) is 7.44. The summed E-state index contributed by atoms with van der Waals surface area (Å²) in [5, 5.41) is 9.49. The highest BCUT2D eigenvalue weighted by Gasteiger charge is 2.38. The Morgan fingerprint density at radius 3 is 3.07 bits per heavy atom. The van der Waals surface area contributed by atoms with Crippen molar-refractivity contribution < 1.29 is 9.50 Å². The Morgan fingerprint density at radius 1 is 1.43 bits per heavy atom. The molecule has 1 N–H and O–H groups in total. The van der Waals surface area contributed by atoms with E-state index in [0.29, 0.717) is 17.8 Å². The second kappa shape index (κ2) is 2.33. The van der Waals surface area contributed by atoms with Gasteiger partial charge in [0, 0.05) is 12.8 Å². The molecule has 0 saturated carbocycles. The van der Waals surface area contributed by atoms with Gasteiger partial charge in [-0.2, -0.15) is 4.39 Å². The quantitative estimate of drug-likeness (QED) is 0.687. The minimum Gasteiger partial charge on any atom is -0.345 e. The maximum atomic E-state index is 13.6. The molecule has 0 amide bonds. The van der Waals surface area contributed by atoms with E-state index in [9.17, 15) is 9.50 Å². The van der Waals surface area contributed by atoms with E-state index in [1.165, 1.54) is 4.57 Å². The largest absolute Gasteiger partial charge is 0.345 e. The third-order valence-corrected chi connectivity index (χ3v) is 2.64. The van der Waals surface area contributed by atoms with Gasteiger partial charge in [0.15, 0.2) is 0 Å². The summed E-state index contributed by atoms with van der Waals surface area (Å²) in [4.78, 5) is 4.25. The van der Waals surface area contributed by atoms with Crippen LogP contribution in [0.5, 0.6) is 0 Å². The van der Waals surface area contributed by atoms with Gasteiger partial charge < -0.3 is 5.11 Å². The van der Waals surface area contributed by atoms with Crippen molar-refractivity contribution in [2.45, 2.75) is 18.8 Å². The molecule has 72 valence electrons. The summed E-state index contributed by atoms with van der Waals surface area (Å²) in [5.41, 5.74) is 1.39. The van der Waals surface area contributed by atoms with Crippen molar-refractivity contribution in [3.8, 4) is 0 Å². The summed E-state index contributed by atoms with van der Waals surface area (Å²) < 4.78 is 14.9. The van der Waals surface area contributed by atoms with E-state index in [1.54, 1.807) is 6.07 Å². The van der Waals surface area contributed by atoms with E-state index in [1.807, 2.05) is 18.2 Å². The number of aliphatic hydroxyl groups is 1. The van der Waals surface area contributed by atoms with Crippen molar-refractivity contribution in [1.82, 2.24) is 9.55 Å². The summed E-state index contributed by atoms with van der Waals surface area (Å²) in [6, 6.07) is 7.24. The van der Waals surface area contributed by atoms with Gasteiger partial charge in [-0.15, -0.1) is 0 Å². The number of hydrogen-bond acceptors (Lipinski definition) is 2. The van der Waals surface area contributed by atoms with E-state index < -0.39 is 5.98 Å². The van der Waals surface area contributed by atoms with Gasteiger partial charge >= 0.3 is 0 Å². The average Bonchev–Trinajstić information content (AvgIpc) is 2.65. The Balaban J connectivity index is 2.41. The molecule has 3 nitrogen and oxygen atoms in total. The lowest BCUT2D eigenvalue weighted by molar-refractivity contribution is -0.151. The molecule has 4 heteroatoms. The van der Waals surface area contributed by atoms with Gasteiger partial charge in [-0.25, -0.2) is 4.98 Å². The molecule has 0 spiro atoms. The molecular formula is C10H9FN2O. The smallest absolute Gasteiger partial charge is 0.292 e. The highest BCUT2D eigenvalue weighted by Crippen LogP contribution is 2.34. The number of alkyl halides is 1. The van der Waals surface area contributed by atoms with Gasteiger partial charge in [-0.1, -0.05) is 12.1 Å². The average molecular weight is 192 g/mol. The molecule has 1 aliphatic rings. The Morgan fingerprint density at radius 2 is 2.21 bits per heavy atom. The number of imidazole rings is 1. The van der Waals surface area contributed by atoms with Gasteiger partial charge in [-0.05, 0) is 12.1 Å². The first-order valence-electron chi connectivity index (χ1n) is 4.57. The van der Waals surface area contributed by atoms with Gasteiger partial charge in [0.25, 0.3) is 5.98 Å². The van der Waals surface area contributed by atoms with Crippen LogP contribution in [0.2, 0.25) is 0 Å². The van der Waals surface area contributed by atoms with Gasteiger partial charge in [0.05, 0.1) is 11.0 Å². The number of benzene rings is 1. The van der Waals surface area contributed by atoms with Gasteiger partial charge in [0.2, 0.25) is 0 Å². The highest BCUT2D eigenvalue weighted by molar-refractivity contribution is 5.76. The lowest BCUT2D eigenvalue weighted by Gasteiger charge is -2.14. The highest BCUT2D eigenvalue weighted by atomic mass is 19.2. The first-order chi connectivity index (χ1) is 6.68. The summed E-state index contributed by atoms with van der Waals surface area (Å²) in [7, 11) is 0. The van der Waals surface area contributed by atoms with Crippen LogP contribution < -0.4 is 0 Å². The summed E-state index contributed by atoms with van der Waals surface area (Å²) in [6.45, 7) is 0. The third-order valence-electron chi connectivity index (χ3n) is 2.64. The van der Waals surface area contributed by atoms with Gasteiger partial charge in [0.1, 0.15) is 5.82 Å². The Bertz CT molecular complexity index is 504. The van der Waals surface area contributed by atoms with Crippen LogP contribution in [0.3, 0.4) is 0 Å². The zero-order chi connectivity index (χ0) is 9.76. The fraction of sp³-hybridized carbons (Fsp3) is 0.300. The molecule has 1 atom stereocenters. The Labute approximate surface area is 79.8 Å². The minimum absolute atomic E-state index is 0.0974. The lowest BCUT2D eigenvalue weighted by atomic mass is 10.3. The molecule has 1 aliphatic heterocycles. The van der Waals surface area contributed by atoms with E-state index in [-0.39, 0.29) is 6.42 Å². The molecule has 2 heterocycles. The molecule has 1 aromatic carbocycles. The van der Waals surface area contributed by atoms with Crippen molar-refractivity contribution >= 4 is 11.0 Å². The normalized spacial score (nSPS) is 25.6. The zero-order valence-electron chi connectivity index (χ0n) is 7.44. The molecule has 2 aromatic rings. The van der Waals surface area contributed by atoms with Crippen LogP contribution >= 0.6 is 0 Å². The molecule has 1 aromatic heterocycles. The van der Waals surface area contributed by atoms with E-state index >= 15 is 0 Å². The fourth-order valence-corrected chi connectivity index (χ4v) is 2.01. The van der Waals surface area contributed by atoms with Crippen molar-refractivity contribution in [3.63, 3.8) is 0 Å². The second-order valence-corrected chi connectivity index (χ2v) is 3.57. The molecule has 0 radical (unpaired) electrons. The molecule has 0 aliphatic carbocycles. The summed E-state index contributed by atoms with van der Waals surface area (Å²) in [5.74, 6) is -1.64. The monoisotopic (exact) mass is 192 g/mol. The number of nitrogens with zero attached hydrogens (tertiary/aromatic N) is 2. The van der Waals surface area contributed by atoms with Crippen LogP contribution in [0.4, 0.5) is 4.39 Å². The molecule has 0 saturated heterocycles. The van der Waals surface area contributed by atoms with E-state index in [0.717, 1.165) is 5.52 Å². The first-order valence-corrected chi connectivity index (χ1v) is 4.57. The predicted molar refractivity (Wildman–Crippen MR) is 49.4 cm³/mol. The minimum atomic E-state index is -2.26. The standard InChI is InChI=1S/C10H9FN2O/c11-10(14)6-5-9-12-7-3-1-2-4-8(7)13(9)10/h1-4,14H,5-6H2. The number of hydrogen-bond donors (Lipinski definition) is 1. The van der Waals surface area contributed by atoms with E-state index in [4.69, 9.17) is 0 Å². The molecule has 0 fully saturated rings. The number of para-hydroxylation sites is 2. The Hall–Kier alpha value is -1.42. The van der Waals surface area contributed by atoms with Crippen LogP contribution in [0.25, 0.3) is 11.0 Å². The number of halogens is 1.